The van der Waals surface area contributed by atoms with Gasteiger partial charge >= 0.3 is 0 Å². The van der Waals surface area contributed by atoms with Crippen LogP contribution in [-0.4, -0.2) is 25.3 Å². The van der Waals surface area contributed by atoms with Gasteiger partial charge in [0.05, 0.1) is 12.7 Å². The van der Waals surface area contributed by atoms with E-state index in [-0.39, 0.29) is 0 Å². The highest BCUT2D eigenvalue weighted by atomic mass is 16.5. The first-order valence-electron chi connectivity index (χ1n) is 8.29. The summed E-state index contributed by atoms with van der Waals surface area (Å²) in [4.78, 5) is 2.16. The maximum absolute atomic E-state index is 10.6. The van der Waals surface area contributed by atoms with Crippen LogP contribution in [0.4, 0.5) is 5.69 Å². The van der Waals surface area contributed by atoms with Gasteiger partial charge in [-0.1, -0.05) is 36.8 Å². The number of hydrogen-bond acceptors (Lipinski definition) is 3. The van der Waals surface area contributed by atoms with Crippen LogP contribution in [0.3, 0.4) is 0 Å². The SMILES string of the molecule is CCCOc1ccc(C)cc1C(O)CCN(C)c1ccccc1. The highest BCUT2D eigenvalue weighted by Crippen LogP contribution is 2.29. The summed E-state index contributed by atoms with van der Waals surface area (Å²) >= 11 is 0. The summed E-state index contributed by atoms with van der Waals surface area (Å²) in [5, 5.41) is 10.6. The summed E-state index contributed by atoms with van der Waals surface area (Å²) in [6.07, 6.45) is 1.10. The minimum atomic E-state index is -0.520. The van der Waals surface area contributed by atoms with E-state index in [1.807, 2.05) is 50.4 Å². The van der Waals surface area contributed by atoms with E-state index >= 15 is 0 Å². The van der Waals surface area contributed by atoms with E-state index < -0.39 is 6.10 Å². The molecule has 23 heavy (non-hydrogen) atoms. The van der Waals surface area contributed by atoms with Gasteiger partial charge in [0.2, 0.25) is 0 Å². The van der Waals surface area contributed by atoms with Gasteiger partial charge in [-0.2, -0.15) is 0 Å². The fourth-order valence-electron chi connectivity index (χ4n) is 2.55. The van der Waals surface area contributed by atoms with E-state index in [9.17, 15) is 5.11 Å². The van der Waals surface area contributed by atoms with Crippen LogP contribution in [0, 0.1) is 6.92 Å². The monoisotopic (exact) mass is 313 g/mol. The highest BCUT2D eigenvalue weighted by Gasteiger charge is 2.15. The second-order valence-corrected chi connectivity index (χ2v) is 5.95. The number of aliphatic hydroxyl groups is 1. The molecule has 1 N–H and O–H groups in total. The number of aryl methyl sites for hydroxylation is 1. The number of ether oxygens (including phenoxy) is 1. The first-order valence-corrected chi connectivity index (χ1v) is 8.29. The lowest BCUT2D eigenvalue weighted by Gasteiger charge is -2.22. The third-order valence-corrected chi connectivity index (χ3v) is 3.92. The van der Waals surface area contributed by atoms with Crippen LogP contribution < -0.4 is 9.64 Å². The topological polar surface area (TPSA) is 32.7 Å². The first-order chi connectivity index (χ1) is 11.1. The normalized spacial score (nSPS) is 12.0. The number of anilines is 1. The van der Waals surface area contributed by atoms with Crippen LogP contribution in [0.5, 0.6) is 5.75 Å². The van der Waals surface area contributed by atoms with E-state index in [1.54, 1.807) is 0 Å². The van der Waals surface area contributed by atoms with Crippen molar-refractivity contribution in [2.45, 2.75) is 32.8 Å². The predicted octanol–water partition coefficient (Wildman–Crippen LogP) is 4.34. The van der Waals surface area contributed by atoms with E-state index in [1.165, 1.54) is 0 Å². The Bertz CT molecular complexity index is 598. The second-order valence-electron chi connectivity index (χ2n) is 5.95. The maximum atomic E-state index is 10.6. The van der Waals surface area contributed by atoms with Crippen molar-refractivity contribution in [1.82, 2.24) is 0 Å². The Morgan fingerprint density at radius 1 is 1.13 bits per heavy atom. The van der Waals surface area contributed by atoms with Gasteiger partial charge in [0, 0.05) is 24.8 Å². The lowest BCUT2D eigenvalue weighted by Crippen LogP contribution is -2.20. The van der Waals surface area contributed by atoms with Crippen LogP contribution in [0.15, 0.2) is 48.5 Å². The fraction of sp³-hybridized carbons (Fsp3) is 0.400. The highest BCUT2D eigenvalue weighted by molar-refractivity contribution is 5.45. The minimum Gasteiger partial charge on any atom is -0.493 e. The summed E-state index contributed by atoms with van der Waals surface area (Å²) in [6, 6.07) is 16.2. The van der Waals surface area contributed by atoms with Gasteiger partial charge in [-0.05, 0) is 44.0 Å². The van der Waals surface area contributed by atoms with Crippen molar-refractivity contribution in [1.29, 1.82) is 0 Å². The molecule has 0 heterocycles. The summed E-state index contributed by atoms with van der Waals surface area (Å²) < 4.78 is 5.78. The molecule has 1 unspecified atom stereocenters. The molecule has 0 amide bonds. The molecule has 0 bridgehead atoms. The lowest BCUT2D eigenvalue weighted by atomic mass is 10.0. The number of benzene rings is 2. The predicted molar refractivity (Wildman–Crippen MR) is 96.3 cm³/mol. The van der Waals surface area contributed by atoms with Crippen molar-refractivity contribution in [3.05, 3.63) is 59.7 Å². The molecule has 0 fully saturated rings. The van der Waals surface area contributed by atoms with Gasteiger partial charge in [0.15, 0.2) is 0 Å². The number of nitrogens with zero attached hydrogens (tertiary/aromatic N) is 1. The molecule has 0 aromatic heterocycles. The van der Waals surface area contributed by atoms with Crippen molar-refractivity contribution in [3.63, 3.8) is 0 Å². The Labute approximate surface area is 139 Å². The average Bonchev–Trinajstić information content (AvgIpc) is 2.59. The number of hydrogen-bond donors (Lipinski definition) is 1. The maximum Gasteiger partial charge on any atom is 0.125 e. The van der Waals surface area contributed by atoms with E-state index in [4.69, 9.17) is 4.74 Å². The van der Waals surface area contributed by atoms with E-state index in [2.05, 4.69) is 24.0 Å². The fourth-order valence-corrected chi connectivity index (χ4v) is 2.55. The average molecular weight is 313 g/mol. The molecule has 2 aromatic carbocycles. The van der Waals surface area contributed by atoms with Crippen molar-refractivity contribution < 1.29 is 9.84 Å². The van der Waals surface area contributed by atoms with Crippen LogP contribution in [0.25, 0.3) is 0 Å². The van der Waals surface area contributed by atoms with E-state index in [0.29, 0.717) is 13.0 Å². The van der Waals surface area contributed by atoms with Crippen LogP contribution >= 0.6 is 0 Å². The van der Waals surface area contributed by atoms with Crippen molar-refractivity contribution >= 4 is 5.69 Å². The zero-order valence-corrected chi connectivity index (χ0v) is 14.3. The lowest BCUT2D eigenvalue weighted by molar-refractivity contribution is 0.163. The molecule has 0 aliphatic heterocycles. The number of aliphatic hydroxyl groups excluding tert-OH is 1. The smallest absolute Gasteiger partial charge is 0.125 e. The first kappa shape index (κ1) is 17.4. The van der Waals surface area contributed by atoms with Gasteiger partial charge in [-0.3, -0.25) is 0 Å². The second kappa shape index (κ2) is 8.59. The molecule has 0 saturated heterocycles. The molecule has 1 atom stereocenters. The molecule has 0 saturated carbocycles. The Kier molecular flexibility index (Phi) is 6.48. The Morgan fingerprint density at radius 2 is 1.87 bits per heavy atom. The Balaban J connectivity index is 2.02. The Morgan fingerprint density at radius 3 is 2.57 bits per heavy atom. The van der Waals surface area contributed by atoms with Gasteiger partial charge in [0.25, 0.3) is 0 Å². The zero-order valence-electron chi connectivity index (χ0n) is 14.3. The van der Waals surface area contributed by atoms with Gasteiger partial charge in [-0.25, -0.2) is 0 Å². The number of para-hydroxylation sites is 1. The minimum absolute atomic E-state index is 0.520. The van der Waals surface area contributed by atoms with Crippen LogP contribution in [0.1, 0.15) is 37.0 Å². The molecule has 2 aromatic rings. The molecule has 3 heteroatoms. The molecule has 2 rings (SSSR count). The molecular formula is C20H27NO2. The van der Waals surface area contributed by atoms with Gasteiger partial charge < -0.3 is 14.7 Å². The molecule has 124 valence electrons. The third-order valence-electron chi connectivity index (χ3n) is 3.92. The van der Waals surface area contributed by atoms with Gasteiger partial charge in [-0.15, -0.1) is 0 Å². The summed E-state index contributed by atoms with van der Waals surface area (Å²) in [5.41, 5.74) is 3.19. The third kappa shape index (κ3) is 5.00. The Hall–Kier alpha value is -2.00. The van der Waals surface area contributed by atoms with Crippen molar-refractivity contribution in [2.75, 3.05) is 25.1 Å². The zero-order chi connectivity index (χ0) is 16.7. The van der Waals surface area contributed by atoms with Gasteiger partial charge in [0.1, 0.15) is 5.75 Å². The standard InChI is InChI=1S/C20H27NO2/c1-4-14-23-20-11-10-16(2)15-18(20)19(22)12-13-21(3)17-8-6-5-7-9-17/h5-11,15,19,22H,4,12-14H2,1-3H3. The molecule has 3 nitrogen and oxygen atoms in total. The summed E-state index contributed by atoms with van der Waals surface area (Å²) in [6.45, 7) is 5.58. The quantitative estimate of drug-likeness (QED) is 0.786. The summed E-state index contributed by atoms with van der Waals surface area (Å²) in [7, 11) is 2.05. The van der Waals surface area contributed by atoms with Crippen LogP contribution in [-0.2, 0) is 0 Å². The molecular weight excluding hydrogens is 286 g/mol. The summed E-state index contributed by atoms with van der Waals surface area (Å²) in [5.74, 6) is 0.798. The largest absolute Gasteiger partial charge is 0.493 e. The molecule has 0 aliphatic rings. The number of rotatable bonds is 8. The van der Waals surface area contributed by atoms with E-state index in [0.717, 1.165) is 35.5 Å². The van der Waals surface area contributed by atoms with Crippen molar-refractivity contribution in [2.24, 2.45) is 0 Å². The molecule has 0 aliphatic carbocycles. The van der Waals surface area contributed by atoms with Crippen molar-refractivity contribution in [3.8, 4) is 5.75 Å². The molecule has 0 radical (unpaired) electrons. The molecule has 0 spiro atoms. The van der Waals surface area contributed by atoms with Crippen LogP contribution in [0.2, 0.25) is 0 Å².